The summed E-state index contributed by atoms with van der Waals surface area (Å²) >= 11 is 0. The fourth-order valence-corrected chi connectivity index (χ4v) is 2.91. The van der Waals surface area contributed by atoms with Crippen LogP contribution >= 0.6 is 0 Å². The maximum atomic E-state index is 13.7. The highest BCUT2D eigenvalue weighted by Gasteiger charge is 2.12. The minimum Gasteiger partial charge on any atom is -0.350 e. The van der Waals surface area contributed by atoms with Crippen molar-refractivity contribution in [1.82, 2.24) is 15.3 Å². The minimum absolute atomic E-state index is 0.268. The van der Waals surface area contributed by atoms with Crippen LogP contribution in [0.3, 0.4) is 0 Å². The number of hydrogen-bond donors (Lipinski definition) is 2. The lowest BCUT2D eigenvalue weighted by Crippen LogP contribution is -2.27. The number of halogens is 1. The third-order valence-electron chi connectivity index (χ3n) is 4.37. The Morgan fingerprint density at radius 1 is 1.04 bits per heavy atom. The van der Waals surface area contributed by atoms with Gasteiger partial charge in [-0.25, -0.2) is 14.4 Å². The Bertz CT molecular complexity index is 974. The van der Waals surface area contributed by atoms with E-state index in [4.69, 9.17) is 0 Å². The molecule has 3 rings (SSSR count). The maximum absolute atomic E-state index is 13.7. The summed E-state index contributed by atoms with van der Waals surface area (Å²) in [5, 5.41) is 5.99. The van der Waals surface area contributed by atoms with Gasteiger partial charge in [0, 0.05) is 17.9 Å². The van der Waals surface area contributed by atoms with E-state index in [2.05, 4.69) is 27.5 Å². The van der Waals surface area contributed by atoms with E-state index in [1.165, 1.54) is 6.07 Å². The number of aromatic nitrogens is 2. The Hall–Kier alpha value is -3.28. The summed E-state index contributed by atoms with van der Waals surface area (Å²) in [6, 6.07) is 16.1. The molecule has 0 atom stereocenters. The topological polar surface area (TPSA) is 66.9 Å². The predicted molar refractivity (Wildman–Crippen MR) is 108 cm³/mol. The molecule has 0 fully saturated rings. The lowest BCUT2D eigenvalue weighted by molar-refractivity contribution is 0.0949. The van der Waals surface area contributed by atoms with Gasteiger partial charge in [-0.05, 0) is 49.1 Å². The van der Waals surface area contributed by atoms with E-state index in [1.54, 1.807) is 24.3 Å². The van der Waals surface area contributed by atoms with Crippen LogP contribution in [-0.2, 0) is 12.8 Å². The zero-order valence-electron chi connectivity index (χ0n) is 16.0. The average Bonchev–Trinajstić information content (AvgIpc) is 2.69. The van der Waals surface area contributed by atoms with Gasteiger partial charge in [0.25, 0.3) is 5.91 Å². The smallest absolute Gasteiger partial charge is 0.270 e. The van der Waals surface area contributed by atoms with Crippen LogP contribution < -0.4 is 10.6 Å². The highest BCUT2D eigenvalue weighted by Crippen LogP contribution is 2.19. The highest BCUT2D eigenvalue weighted by atomic mass is 19.1. The second-order valence-electron chi connectivity index (χ2n) is 6.45. The van der Waals surface area contributed by atoms with Crippen molar-refractivity contribution >= 4 is 17.5 Å². The summed E-state index contributed by atoms with van der Waals surface area (Å²) in [4.78, 5) is 21.2. The SMILES string of the molecule is CCc1ccccc1Nc1nc(C)cc(C(=O)NCCc2ccccc2F)n1. The molecule has 28 heavy (non-hydrogen) atoms. The molecule has 5 nitrogen and oxygen atoms in total. The number of carbonyl (C=O) groups is 1. The molecule has 3 aromatic rings. The Balaban J connectivity index is 1.68. The molecule has 6 heteroatoms. The number of nitrogens with one attached hydrogen (secondary N) is 2. The summed E-state index contributed by atoms with van der Waals surface area (Å²) in [6.07, 6.45) is 1.29. The van der Waals surface area contributed by atoms with Crippen LogP contribution in [-0.4, -0.2) is 22.4 Å². The number of rotatable bonds is 7. The number of amides is 1. The predicted octanol–water partition coefficient (Wildman–Crippen LogP) is 4.20. The zero-order valence-corrected chi connectivity index (χ0v) is 16.0. The first-order chi connectivity index (χ1) is 13.6. The first kappa shape index (κ1) is 19.5. The standard InChI is InChI=1S/C22H23FN4O/c1-3-16-8-5-7-11-19(16)26-22-25-15(2)14-20(27-22)21(28)24-13-12-17-9-4-6-10-18(17)23/h4-11,14H,3,12-13H2,1-2H3,(H,24,28)(H,25,26,27). The monoisotopic (exact) mass is 378 g/mol. The normalized spacial score (nSPS) is 10.5. The Morgan fingerprint density at radius 2 is 1.75 bits per heavy atom. The van der Waals surface area contributed by atoms with E-state index in [0.29, 0.717) is 30.2 Å². The van der Waals surface area contributed by atoms with Crippen molar-refractivity contribution in [3.05, 3.63) is 82.9 Å². The molecule has 0 spiro atoms. The minimum atomic E-state index is -0.311. The van der Waals surface area contributed by atoms with Crippen LogP contribution in [0.25, 0.3) is 0 Å². The molecule has 0 saturated heterocycles. The molecule has 1 heterocycles. The van der Waals surface area contributed by atoms with Crippen molar-refractivity contribution in [3.63, 3.8) is 0 Å². The van der Waals surface area contributed by atoms with E-state index in [-0.39, 0.29) is 17.4 Å². The molecule has 0 aliphatic carbocycles. The molecule has 0 bridgehead atoms. The fraction of sp³-hybridized carbons (Fsp3) is 0.227. The van der Waals surface area contributed by atoms with Crippen molar-refractivity contribution in [2.45, 2.75) is 26.7 Å². The van der Waals surface area contributed by atoms with Crippen LogP contribution in [0.15, 0.2) is 54.6 Å². The van der Waals surface area contributed by atoms with Crippen molar-refractivity contribution in [2.24, 2.45) is 0 Å². The quantitative estimate of drug-likeness (QED) is 0.647. The largest absolute Gasteiger partial charge is 0.350 e. The molecular weight excluding hydrogens is 355 g/mol. The van der Waals surface area contributed by atoms with E-state index < -0.39 is 0 Å². The van der Waals surface area contributed by atoms with Crippen LogP contribution in [0.5, 0.6) is 0 Å². The zero-order chi connectivity index (χ0) is 19.9. The first-order valence-electron chi connectivity index (χ1n) is 9.29. The Labute approximate surface area is 164 Å². The van der Waals surface area contributed by atoms with Crippen molar-refractivity contribution < 1.29 is 9.18 Å². The second kappa shape index (κ2) is 9.08. The van der Waals surface area contributed by atoms with E-state index in [9.17, 15) is 9.18 Å². The van der Waals surface area contributed by atoms with E-state index >= 15 is 0 Å². The molecule has 144 valence electrons. The molecule has 1 amide bonds. The lowest BCUT2D eigenvalue weighted by Gasteiger charge is -2.11. The molecule has 0 aliphatic rings. The first-order valence-corrected chi connectivity index (χ1v) is 9.29. The molecule has 0 radical (unpaired) electrons. The van der Waals surface area contributed by atoms with Crippen LogP contribution in [0.4, 0.5) is 16.0 Å². The number of para-hydroxylation sites is 1. The summed E-state index contributed by atoms with van der Waals surface area (Å²) in [5.74, 6) is -0.204. The number of aryl methyl sites for hydroxylation is 2. The summed E-state index contributed by atoms with van der Waals surface area (Å²) in [7, 11) is 0. The van der Waals surface area contributed by atoms with Gasteiger partial charge < -0.3 is 10.6 Å². The second-order valence-corrected chi connectivity index (χ2v) is 6.45. The van der Waals surface area contributed by atoms with Crippen LogP contribution in [0.1, 0.15) is 34.2 Å². The molecule has 2 N–H and O–H groups in total. The molecule has 2 aromatic carbocycles. The lowest BCUT2D eigenvalue weighted by atomic mass is 10.1. The molecule has 0 saturated carbocycles. The van der Waals surface area contributed by atoms with E-state index in [0.717, 1.165) is 17.7 Å². The average molecular weight is 378 g/mol. The van der Waals surface area contributed by atoms with Gasteiger partial charge in [-0.1, -0.05) is 43.3 Å². The maximum Gasteiger partial charge on any atom is 0.270 e. The number of benzene rings is 2. The van der Waals surface area contributed by atoms with Crippen molar-refractivity contribution in [1.29, 1.82) is 0 Å². The third-order valence-corrected chi connectivity index (χ3v) is 4.37. The van der Waals surface area contributed by atoms with Gasteiger partial charge in [-0.3, -0.25) is 4.79 Å². The van der Waals surface area contributed by atoms with Crippen molar-refractivity contribution in [2.75, 3.05) is 11.9 Å². The summed E-state index contributed by atoms with van der Waals surface area (Å²) < 4.78 is 13.7. The number of anilines is 2. The van der Waals surface area contributed by atoms with Gasteiger partial charge in [-0.15, -0.1) is 0 Å². The number of carbonyl (C=O) groups excluding carboxylic acids is 1. The van der Waals surface area contributed by atoms with Crippen LogP contribution in [0.2, 0.25) is 0 Å². The summed E-state index contributed by atoms with van der Waals surface area (Å²) in [5.41, 5.74) is 3.59. The summed E-state index contributed by atoms with van der Waals surface area (Å²) in [6.45, 7) is 4.21. The van der Waals surface area contributed by atoms with Gasteiger partial charge in [0.2, 0.25) is 5.95 Å². The molecule has 0 unspecified atom stereocenters. The molecular formula is C22H23FN4O. The van der Waals surface area contributed by atoms with Gasteiger partial charge >= 0.3 is 0 Å². The fourth-order valence-electron chi connectivity index (χ4n) is 2.91. The number of nitrogens with zero attached hydrogens (tertiary/aromatic N) is 2. The van der Waals surface area contributed by atoms with Gasteiger partial charge in [0.15, 0.2) is 0 Å². The Kier molecular flexibility index (Phi) is 6.32. The Morgan fingerprint density at radius 3 is 2.50 bits per heavy atom. The van der Waals surface area contributed by atoms with E-state index in [1.807, 2.05) is 31.2 Å². The van der Waals surface area contributed by atoms with Gasteiger partial charge in [0.1, 0.15) is 11.5 Å². The third kappa shape index (κ3) is 4.91. The molecule has 0 aliphatic heterocycles. The van der Waals surface area contributed by atoms with Gasteiger partial charge in [-0.2, -0.15) is 0 Å². The number of hydrogen-bond acceptors (Lipinski definition) is 4. The van der Waals surface area contributed by atoms with Crippen LogP contribution in [0, 0.1) is 12.7 Å². The highest BCUT2D eigenvalue weighted by molar-refractivity contribution is 5.92. The van der Waals surface area contributed by atoms with Gasteiger partial charge in [0.05, 0.1) is 0 Å². The van der Waals surface area contributed by atoms with Crippen molar-refractivity contribution in [3.8, 4) is 0 Å². The molecule has 1 aromatic heterocycles.